The van der Waals surface area contributed by atoms with Gasteiger partial charge in [0.1, 0.15) is 11.3 Å². The van der Waals surface area contributed by atoms with Crippen LogP contribution in [0.1, 0.15) is 20.8 Å². The molecule has 1 N–H and O–H groups in total. The number of aliphatic hydroxyl groups is 1. The molecule has 0 aliphatic heterocycles. The molecule has 0 bridgehead atoms. The summed E-state index contributed by atoms with van der Waals surface area (Å²) in [5.41, 5.74) is 0.320. The Hall–Kier alpha value is -1.10. The molecular formula is C11H19O6P. The summed E-state index contributed by atoms with van der Waals surface area (Å²) >= 11 is 0. The molecule has 0 heterocycles. The van der Waals surface area contributed by atoms with Crippen molar-refractivity contribution in [1.29, 1.82) is 0 Å². The fourth-order valence-corrected chi connectivity index (χ4v) is 3.02. The van der Waals surface area contributed by atoms with E-state index >= 15 is 0 Å². The van der Waals surface area contributed by atoms with Crippen LogP contribution in [-0.2, 0) is 23.1 Å². The molecule has 0 aromatic heterocycles. The molecule has 6 nitrogen and oxygen atoms in total. The summed E-state index contributed by atoms with van der Waals surface area (Å²) < 4.78 is 26.7. The summed E-state index contributed by atoms with van der Waals surface area (Å²) in [6.07, 6.45) is 0. The van der Waals surface area contributed by atoms with Crippen molar-refractivity contribution in [1.82, 2.24) is 0 Å². The minimum absolute atomic E-state index is 0.0133. The number of allylic oxidation sites excluding steroid dienone is 2. The van der Waals surface area contributed by atoms with E-state index in [-0.39, 0.29) is 16.6 Å². The predicted octanol–water partition coefficient (Wildman–Crippen LogP) is 2.77. The second-order valence-electron chi connectivity index (χ2n) is 3.66. The highest BCUT2D eigenvalue weighted by Gasteiger charge is 2.36. The maximum Gasteiger partial charge on any atom is 0.361 e. The molecular weight excluding hydrogens is 259 g/mol. The van der Waals surface area contributed by atoms with Gasteiger partial charge in [-0.25, -0.2) is 4.79 Å². The van der Waals surface area contributed by atoms with Crippen LogP contribution in [0.15, 0.2) is 22.2 Å². The Morgan fingerprint density at radius 1 is 1.06 bits per heavy atom. The normalized spacial score (nSPS) is 12.8. The van der Waals surface area contributed by atoms with Crippen LogP contribution >= 0.6 is 7.60 Å². The van der Waals surface area contributed by atoms with Gasteiger partial charge in [-0.15, -0.1) is 0 Å². The quantitative estimate of drug-likeness (QED) is 0.274. The van der Waals surface area contributed by atoms with Gasteiger partial charge in [0.05, 0.1) is 12.4 Å². The average molecular weight is 278 g/mol. The van der Waals surface area contributed by atoms with Crippen LogP contribution in [0.3, 0.4) is 0 Å². The van der Waals surface area contributed by atoms with E-state index in [4.69, 9.17) is 9.05 Å². The van der Waals surface area contributed by atoms with Crippen LogP contribution in [0.2, 0.25) is 0 Å². The van der Waals surface area contributed by atoms with Crippen molar-refractivity contribution < 1.29 is 28.3 Å². The SMILES string of the molecule is COC(=O)/C(C(=C(C)C)P(=O)(OC)OC)=C(\C)O. The van der Waals surface area contributed by atoms with Gasteiger partial charge in [-0.2, -0.15) is 0 Å². The van der Waals surface area contributed by atoms with Crippen molar-refractivity contribution in [3.63, 3.8) is 0 Å². The molecule has 0 spiro atoms. The van der Waals surface area contributed by atoms with E-state index in [0.717, 1.165) is 0 Å². The van der Waals surface area contributed by atoms with E-state index in [9.17, 15) is 14.5 Å². The van der Waals surface area contributed by atoms with Gasteiger partial charge in [-0.05, 0) is 20.8 Å². The van der Waals surface area contributed by atoms with Gasteiger partial charge in [-0.1, -0.05) is 5.57 Å². The number of methoxy groups -OCH3 is 1. The summed E-state index contributed by atoms with van der Waals surface area (Å²) in [6.45, 7) is 4.56. The first-order chi connectivity index (χ1) is 8.25. The second kappa shape index (κ2) is 6.73. The van der Waals surface area contributed by atoms with E-state index < -0.39 is 13.6 Å². The minimum atomic E-state index is -3.66. The first-order valence-corrected chi connectivity index (χ1v) is 6.67. The Bertz CT molecular complexity index is 419. The topological polar surface area (TPSA) is 82.1 Å². The monoisotopic (exact) mass is 278 g/mol. The number of carbonyl (C=O) groups is 1. The minimum Gasteiger partial charge on any atom is -0.512 e. The number of aliphatic hydroxyl groups excluding tert-OH is 1. The Balaban J connectivity index is 6.12. The lowest BCUT2D eigenvalue weighted by Gasteiger charge is -2.20. The molecule has 0 saturated heterocycles. The molecule has 0 aromatic carbocycles. The standard InChI is InChI=1S/C11H19O6P/c1-7(2)10(18(14,16-5)17-6)9(8(3)12)11(13)15-4/h12H,1-6H3/b9-8+. The van der Waals surface area contributed by atoms with E-state index in [1.54, 1.807) is 13.8 Å². The highest BCUT2D eigenvalue weighted by molar-refractivity contribution is 7.59. The molecule has 18 heavy (non-hydrogen) atoms. The number of rotatable bonds is 5. The Labute approximate surface area is 107 Å². The van der Waals surface area contributed by atoms with Gasteiger partial charge >= 0.3 is 13.6 Å². The molecule has 0 saturated carbocycles. The van der Waals surface area contributed by atoms with Crippen molar-refractivity contribution in [2.75, 3.05) is 21.3 Å². The average Bonchev–Trinajstić information content (AvgIpc) is 2.33. The molecule has 0 aromatic rings. The zero-order valence-electron chi connectivity index (χ0n) is 11.4. The maximum atomic E-state index is 12.4. The number of hydrogen-bond donors (Lipinski definition) is 1. The third-order valence-corrected chi connectivity index (χ3v) is 4.40. The molecule has 0 amide bonds. The number of carbonyl (C=O) groups excluding carboxylic acids is 1. The van der Waals surface area contributed by atoms with Crippen LogP contribution < -0.4 is 0 Å². The highest BCUT2D eigenvalue weighted by Crippen LogP contribution is 2.59. The smallest absolute Gasteiger partial charge is 0.361 e. The number of ether oxygens (including phenoxy) is 1. The molecule has 0 unspecified atom stereocenters. The van der Waals surface area contributed by atoms with Crippen molar-refractivity contribution >= 4 is 13.6 Å². The third kappa shape index (κ3) is 3.45. The van der Waals surface area contributed by atoms with Crippen molar-refractivity contribution in [3.05, 3.63) is 22.2 Å². The summed E-state index contributed by atoms with van der Waals surface area (Å²) in [7, 11) is -0.0921. The predicted molar refractivity (Wildman–Crippen MR) is 67.3 cm³/mol. The lowest BCUT2D eigenvalue weighted by atomic mass is 10.1. The zero-order chi connectivity index (χ0) is 14.5. The van der Waals surface area contributed by atoms with E-state index in [2.05, 4.69) is 4.74 Å². The molecule has 0 radical (unpaired) electrons. The molecule has 0 aliphatic carbocycles. The van der Waals surface area contributed by atoms with Crippen molar-refractivity contribution in [2.24, 2.45) is 0 Å². The molecule has 104 valence electrons. The van der Waals surface area contributed by atoms with Crippen molar-refractivity contribution in [3.8, 4) is 0 Å². The highest BCUT2D eigenvalue weighted by atomic mass is 31.2. The lowest BCUT2D eigenvalue weighted by Crippen LogP contribution is -2.12. The molecule has 0 fully saturated rings. The van der Waals surface area contributed by atoms with E-state index in [0.29, 0.717) is 5.57 Å². The maximum absolute atomic E-state index is 12.4. The van der Waals surface area contributed by atoms with E-state index in [1.165, 1.54) is 28.3 Å². The van der Waals surface area contributed by atoms with Gasteiger partial charge in [-0.3, -0.25) is 4.57 Å². The van der Waals surface area contributed by atoms with E-state index in [1.807, 2.05) is 0 Å². The molecule has 0 aliphatic rings. The van der Waals surface area contributed by atoms with Gasteiger partial charge in [0.25, 0.3) is 0 Å². The summed E-state index contributed by atoms with van der Waals surface area (Å²) in [6, 6.07) is 0. The van der Waals surface area contributed by atoms with Crippen LogP contribution in [0.4, 0.5) is 0 Å². The van der Waals surface area contributed by atoms with Crippen LogP contribution in [0.5, 0.6) is 0 Å². The number of esters is 1. The van der Waals surface area contributed by atoms with Crippen LogP contribution in [-0.4, -0.2) is 32.4 Å². The summed E-state index contributed by atoms with van der Waals surface area (Å²) in [5, 5.41) is 9.61. The third-order valence-electron chi connectivity index (χ3n) is 2.22. The number of hydrogen-bond acceptors (Lipinski definition) is 6. The zero-order valence-corrected chi connectivity index (χ0v) is 12.3. The first kappa shape index (κ1) is 16.9. The lowest BCUT2D eigenvalue weighted by molar-refractivity contribution is -0.136. The Morgan fingerprint density at radius 3 is 1.72 bits per heavy atom. The van der Waals surface area contributed by atoms with Crippen LogP contribution in [0, 0.1) is 0 Å². The van der Waals surface area contributed by atoms with Crippen LogP contribution in [0.25, 0.3) is 0 Å². The largest absolute Gasteiger partial charge is 0.512 e. The van der Waals surface area contributed by atoms with Gasteiger partial charge in [0.2, 0.25) is 0 Å². The van der Waals surface area contributed by atoms with Gasteiger partial charge in [0, 0.05) is 14.2 Å². The first-order valence-electron chi connectivity index (χ1n) is 5.13. The van der Waals surface area contributed by atoms with Gasteiger partial charge in [0.15, 0.2) is 0 Å². The second-order valence-corrected chi connectivity index (χ2v) is 5.84. The molecule has 0 atom stereocenters. The van der Waals surface area contributed by atoms with Gasteiger partial charge < -0.3 is 18.9 Å². The fourth-order valence-electron chi connectivity index (χ4n) is 1.44. The van der Waals surface area contributed by atoms with Crippen molar-refractivity contribution in [2.45, 2.75) is 20.8 Å². The summed E-state index contributed by atoms with van der Waals surface area (Å²) in [5.74, 6) is -1.12. The molecule has 0 rings (SSSR count). The fraction of sp³-hybridized carbons (Fsp3) is 0.545. The Morgan fingerprint density at radius 2 is 1.50 bits per heavy atom. The molecule has 7 heteroatoms. The summed E-state index contributed by atoms with van der Waals surface area (Å²) in [4.78, 5) is 11.7. The Kier molecular flexibility index (Phi) is 6.32.